The number of aryl methyl sites for hydroxylation is 2. The molecule has 2 rings (SSSR count). The molecule has 0 bridgehead atoms. The highest BCUT2D eigenvalue weighted by Gasteiger charge is 2.29. The normalized spacial score (nSPS) is 23.8. The Balaban J connectivity index is 2.01. The maximum absolute atomic E-state index is 12.3. The summed E-state index contributed by atoms with van der Waals surface area (Å²) in [5.74, 6) is 0.221. The van der Waals surface area contributed by atoms with Crippen molar-refractivity contribution in [3.63, 3.8) is 0 Å². The Morgan fingerprint density at radius 1 is 1.56 bits per heavy atom. The van der Waals surface area contributed by atoms with Crippen LogP contribution in [0.4, 0.5) is 0 Å². The van der Waals surface area contributed by atoms with Crippen molar-refractivity contribution in [3.8, 4) is 0 Å². The van der Waals surface area contributed by atoms with E-state index >= 15 is 0 Å². The van der Waals surface area contributed by atoms with Gasteiger partial charge < -0.3 is 4.74 Å². The van der Waals surface area contributed by atoms with Gasteiger partial charge in [-0.2, -0.15) is 0 Å². The molecule has 1 aromatic rings. The van der Waals surface area contributed by atoms with Crippen molar-refractivity contribution < 1.29 is 9.53 Å². The quantitative estimate of drug-likeness (QED) is 0.786. The Morgan fingerprint density at radius 3 is 2.78 bits per heavy atom. The van der Waals surface area contributed by atoms with Crippen LogP contribution < -0.4 is 0 Å². The van der Waals surface area contributed by atoms with Gasteiger partial charge in [-0.1, -0.05) is 0 Å². The minimum Gasteiger partial charge on any atom is -0.377 e. The molecule has 18 heavy (non-hydrogen) atoms. The summed E-state index contributed by atoms with van der Waals surface area (Å²) in [5.41, 5.74) is 0.885. The second-order valence-corrected chi connectivity index (χ2v) is 6.56. The lowest BCUT2D eigenvalue weighted by atomic mass is 10.1. The van der Waals surface area contributed by atoms with Crippen molar-refractivity contribution in [2.75, 3.05) is 20.2 Å². The first-order chi connectivity index (χ1) is 8.49. The van der Waals surface area contributed by atoms with Crippen LogP contribution in [0.3, 0.4) is 0 Å². The summed E-state index contributed by atoms with van der Waals surface area (Å²) in [6.45, 7) is 7.44. The fourth-order valence-corrected chi connectivity index (χ4v) is 3.58. The molecule has 0 saturated carbocycles. The molecule has 1 fully saturated rings. The molecule has 1 aliphatic heterocycles. The van der Waals surface area contributed by atoms with Crippen molar-refractivity contribution in [3.05, 3.63) is 21.4 Å². The van der Waals surface area contributed by atoms with Crippen LogP contribution in [0.5, 0.6) is 0 Å². The molecule has 3 nitrogen and oxygen atoms in total. The topological polar surface area (TPSA) is 29.5 Å². The highest BCUT2D eigenvalue weighted by Crippen LogP contribution is 2.23. The maximum Gasteiger partial charge on any atom is 0.177 e. The van der Waals surface area contributed by atoms with Gasteiger partial charge in [-0.3, -0.25) is 9.69 Å². The van der Waals surface area contributed by atoms with Gasteiger partial charge in [0.2, 0.25) is 0 Å². The molecule has 0 aliphatic carbocycles. The van der Waals surface area contributed by atoms with Gasteiger partial charge in [-0.05, 0) is 40.3 Å². The van der Waals surface area contributed by atoms with Gasteiger partial charge in [0.1, 0.15) is 0 Å². The number of nitrogens with zero attached hydrogens (tertiary/aromatic N) is 1. The number of rotatable bonds is 4. The lowest BCUT2D eigenvalue weighted by Gasteiger charge is -2.25. The van der Waals surface area contributed by atoms with E-state index in [1.54, 1.807) is 11.3 Å². The molecule has 2 heterocycles. The van der Waals surface area contributed by atoms with E-state index < -0.39 is 0 Å². The minimum atomic E-state index is 0.221. The molecule has 0 aromatic carbocycles. The van der Waals surface area contributed by atoms with Crippen molar-refractivity contribution in [2.45, 2.75) is 39.3 Å². The van der Waals surface area contributed by atoms with Gasteiger partial charge in [0.25, 0.3) is 0 Å². The van der Waals surface area contributed by atoms with Crippen LogP contribution in [0, 0.1) is 13.8 Å². The van der Waals surface area contributed by atoms with Crippen LogP contribution >= 0.6 is 11.3 Å². The molecule has 0 radical (unpaired) electrons. The van der Waals surface area contributed by atoms with Crippen molar-refractivity contribution in [2.24, 2.45) is 0 Å². The summed E-state index contributed by atoms with van der Waals surface area (Å²) < 4.78 is 5.55. The Bertz CT molecular complexity index is 441. The summed E-state index contributed by atoms with van der Waals surface area (Å²) in [4.78, 5) is 16.7. The first-order valence-corrected chi connectivity index (χ1v) is 7.22. The summed E-state index contributed by atoms with van der Waals surface area (Å²) in [6, 6.07) is 2.37. The summed E-state index contributed by atoms with van der Waals surface area (Å²) in [7, 11) is 2.02. The standard InChI is InChI=1S/C14H21NO2S/c1-9-7-12(11(3)18-9)14(16)8-15(4)13-5-6-17-10(13)2/h7,10,13H,5-6,8H2,1-4H3. The van der Waals surface area contributed by atoms with Crippen molar-refractivity contribution >= 4 is 17.1 Å². The average molecular weight is 267 g/mol. The lowest BCUT2D eigenvalue weighted by molar-refractivity contribution is 0.0745. The van der Waals surface area contributed by atoms with E-state index in [1.807, 2.05) is 27.0 Å². The first kappa shape index (κ1) is 13.7. The van der Waals surface area contributed by atoms with E-state index in [2.05, 4.69) is 11.8 Å². The zero-order valence-corrected chi connectivity index (χ0v) is 12.3. The van der Waals surface area contributed by atoms with E-state index in [-0.39, 0.29) is 11.9 Å². The third kappa shape index (κ3) is 2.82. The van der Waals surface area contributed by atoms with E-state index in [0.717, 1.165) is 23.5 Å². The number of hydrogen-bond donors (Lipinski definition) is 0. The van der Waals surface area contributed by atoms with E-state index in [0.29, 0.717) is 12.6 Å². The van der Waals surface area contributed by atoms with Gasteiger partial charge in [0, 0.05) is 28.0 Å². The third-order valence-electron chi connectivity index (χ3n) is 3.64. The minimum absolute atomic E-state index is 0.221. The van der Waals surface area contributed by atoms with E-state index in [4.69, 9.17) is 4.74 Å². The van der Waals surface area contributed by atoms with E-state index in [9.17, 15) is 4.79 Å². The fourth-order valence-electron chi connectivity index (χ4n) is 2.64. The Kier molecular flexibility index (Phi) is 4.20. The molecule has 1 aromatic heterocycles. The van der Waals surface area contributed by atoms with Crippen molar-refractivity contribution in [1.29, 1.82) is 0 Å². The number of Topliss-reactive ketones (excluding diaryl/α,β-unsaturated/α-hetero) is 1. The number of thiophene rings is 1. The number of hydrogen-bond acceptors (Lipinski definition) is 4. The van der Waals surface area contributed by atoms with Crippen LogP contribution in [0.15, 0.2) is 6.07 Å². The van der Waals surface area contributed by atoms with Crippen molar-refractivity contribution in [1.82, 2.24) is 4.90 Å². The predicted octanol–water partition coefficient (Wildman–Crippen LogP) is 2.66. The number of carbonyl (C=O) groups is 1. The predicted molar refractivity (Wildman–Crippen MR) is 74.6 cm³/mol. The highest BCUT2D eigenvalue weighted by atomic mass is 32.1. The van der Waals surface area contributed by atoms with Gasteiger partial charge >= 0.3 is 0 Å². The molecule has 0 spiro atoms. The average Bonchev–Trinajstić information content (AvgIpc) is 2.84. The zero-order chi connectivity index (χ0) is 13.3. The van der Waals surface area contributed by atoms with Crippen LogP contribution in [-0.2, 0) is 4.74 Å². The number of likely N-dealkylation sites (N-methyl/N-ethyl adjacent to an activating group) is 1. The molecule has 4 heteroatoms. The number of carbonyl (C=O) groups excluding carboxylic acids is 1. The van der Waals surface area contributed by atoms with Gasteiger partial charge in [-0.25, -0.2) is 0 Å². The second kappa shape index (κ2) is 5.51. The molecular weight excluding hydrogens is 246 g/mol. The Labute approximate surface area is 113 Å². The van der Waals surface area contributed by atoms with Crippen LogP contribution in [0.1, 0.15) is 33.5 Å². The van der Waals surface area contributed by atoms with Gasteiger partial charge in [0.05, 0.1) is 12.6 Å². The lowest BCUT2D eigenvalue weighted by Crippen LogP contribution is -2.39. The highest BCUT2D eigenvalue weighted by molar-refractivity contribution is 7.12. The molecule has 2 unspecified atom stereocenters. The first-order valence-electron chi connectivity index (χ1n) is 6.41. The third-order valence-corrected chi connectivity index (χ3v) is 4.60. The summed E-state index contributed by atoms with van der Waals surface area (Å²) in [5, 5.41) is 0. The second-order valence-electron chi connectivity index (χ2n) is 5.10. The van der Waals surface area contributed by atoms with E-state index in [1.165, 1.54) is 4.88 Å². The Hall–Kier alpha value is -0.710. The fraction of sp³-hybridized carbons (Fsp3) is 0.643. The number of ketones is 1. The Morgan fingerprint density at radius 2 is 2.28 bits per heavy atom. The molecule has 0 N–H and O–H groups in total. The maximum atomic E-state index is 12.3. The summed E-state index contributed by atoms with van der Waals surface area (Å²) >= 11 is 1.69. The summed E-state index contributed by atoms with van der Waals surface area (Å²) in [6.07, 6.45) is 1.25. The molecule has 0 amide bonds. The van der Waals surface area contributed by atoms with Gasteiger partial charge in [-0.15, -0.1) is 11.3 Å². The zero-order valence-electron chi connectivity index (χ0n) is 11.5. The molecule has 1 saturated heterocycles. The largest absolute Gasteiger partial charge is 0.377 e. The molecule has 1 aliphatic rings. The molecule has 100 valence electrons. The molecule has 2 atom stereocenters. The monoisotopic (exact) mass is 267 g/mol. The SMILES string of the molecule is Cc1cc(C(=O)CN(C)C2CCOC2C)c(C)s1. The van der Waals surface area contributed by atoms with Gasteiger partial charge in [0.15, 0.2) is 5.78 Å². The number of ether oxygens (including phenoxy) is 1. The van der Waals surface area contributed by atoms with Crippen LogP contribution in [0.25, 0.3) is 0 Å². The van der Waals surface area contributed by atoms with Crippen LogP contribution in [-0.4, -0.2) is 43.0 Å². The van der Waals surface area contributed by atoms with Crippen LogP contribution in [0.2, 0.25) is 0 Å². The smallest absolute Gasteiger partial charge is 0.177 e. The molecular formula is C14H21NO2S.